The van der Waals surface area contributed by atoms with Crippen LogP contribution in [0.25, 0.3) is 0 Å². The van der Waals surface area contributed by atoms with Crippen LogP contribution in [0.1, 0.15) is 142 Å². The van der Waals surface area contributed by atoms with Crippen molar-refractivity contribution in [1.82, 2.24) is 4.57 Å². The minimum Gasteiger partial charge on any atom is -0.354 e. The van der Waals surface area contributed by atoms with Gasteiger partial charge in [0, 0.05) is 18.9 Å². The topological polar surface area (TPSA) is 4.93 Å². The molecule has 0 saturated carbocycles. The van der Waals surface area contributed by atoms with Gasteiger partial charge in [-0.15, -0.1) is 0 Å². The lowest BCUT2D eigenvalue weighted by atomic mass is 10.0. The summed E-state index contributed by atoms with van der Waals surface area (Å²) in [6.45, 7) is 3.50. The summed E-state index contributed by atoms with van der Waals surface area (Å²) >= 11 is 0. The third-order valence-corrected chi connectivity index (χ3v) is 6.19. The number of hydrogen-bond acceptors (Lipinski definition) is 0. The van der Waals surface area contributed by atoms with Crippen molar-refractivity contribution in [2.45, 2.75) is 148 Å². The van der Waals surface area contributed by atoms with Gasteiger partial charge in [-0.1, -0.05) is 135 Å². The summed E-state index contributed by atoms with van der Waals surface area (Å²) in [5, 5.41) is 0. The van der Waals surface area contributed by atoms with Crippen LogP contribution in [0.3, 0.4) is 0 Å². The largest absolute Gasteiger partial charge is 0.354 e. The fourth-order valence-corrected chi connectivity index (χ4v) is 4.25. The molecule has 0 aliphatic rings. The van der Waals surface area contributed by atoms with E-state index in [9.17, 15) is 0 Å². The molecule has 0 amide bonds. The lowest BCUT2D eigenvalue weighted by Crippen LogP contribution is -1.93. The molecule has 0 N–H and O–H groups in total. The molecule has 0 saturated heterocycles. The maximum Gasteiger partial charge on any atom is 0.0219 e. The van der Waals surface area contributed by atoms with Crippen LogP contribution in [0.15, 0.2) is 24.5 Å². The SMILES string of the molecule is CCCCCCCCCCCCCCCCCCCCCCCn1cccc1. The number of aryl methyl sites for hydroxylation is 1. The van der Waals surface area contributed by atoms with Crippen molar-refractivity contribution in [3.8, 4) is 0 Å². The second-order valence-electron chi connectivity index (χ2n) is 8.99. The zero-order chi connectivity index (χ0) is 20.0. The Balaban J connectivity index is 1.64. The monoisotopic (exact) mass is 389 g/mol. The number of aromatic nitrogens is 1. The van der Waals surface area contributed by atoms with Crippen LogP contribution in [-0.4, -0.2) is 4.57 Å². The minimum atomic E-state index is 1.20. The second-order valence-corrected chi connectivity index (χ2v) is 8.99. The molecular weight excluding hydrogens is 338 g/mol. The Kier molecular flexibility index (Phi) is 19.0. The van der Waals surface area contributed by atoms with Crippen LogP contribution >= 0.6 is 0 Å². The number of hydrogen-bond donors (Lipinski definition) is 0. The third kappa shape index (κ3) is 17.4. The smallest absolute Gasteiger partial charge is 0.0219 e. The first kappa shape index (κ1) is 25.3. The van der Waals surface area contributed by atoms with Crippen molar-refractivity contribution >= 4 is 0 Å². The van der Waals surface area contributed by atoms with Gasteiger partial charge in [0.25, 0.3) is 0 Å². The molecule has 0 atom stereocenters. The van der Waals surface area contributed by atoms with Crippen LogP contribution in [0, 0.1) is 0 Å². The van der Waals surface area contributed by atoms with E-state index in [1.165, 1.54) is 141 Å². The lowest BCUT2D eigenvalue weighted by molar-refractivity contribution is 0.516. The van der Waals surface area contributed by atoms with Gasteiger partial charge in [0.05, 0.1) is 0 Å². The van der Waals surface area contributed by atoms with E-state index in [-0.39, 0.29) is 0 Å². The third-order valence-electron chi connectivity index (χ3n) is 6.19. The lowest BCUT2D eigenvalue weighted by Gasteiger charge is -2.04. The Hall–Kier alpha value is -0.720. The summed E-state index contributed by atoms with van der Waals surface area (Å²) in [7, 11) is 0. The molecule has 1 aromatic heterocycles. The summed E-state index contributed by atoms with van der Waals surface area (Å²) in [6.07, 6.45) is 35.0. The van der Waals surface area contributed by atoms with Gasteiger partial charge in [0.2, 0.25) is 0 Å². The van der Waals surface area contributed by atoms with E-state index in [0.29, 0.717) is 0 Å². The average Bonchev–Trinajstić information content (AvgIpc) is 3.22. The van der Waals surface area contributed by atoms with Gasteiger partial charge in [-0.05, 0) is 18.6 Å². The van der Waals surface area contributed by atoms with Gasteiger partial charge < -0.3 is 4.57 Å². The summed E-state index contributed by atoms with van der Waals surface area (Å²) in [6, 6.07) is 4.24. The normalized spacial score (nSPS) is 11.3. The van der Waals surface area contributed by atoms with E-state index in [1.54, 1.807) is 0 Å². The maximum atomic E-state index is 2.30. The van der Waals surface area contributed by atoms with Crippen molar-refractivity contribution in [2.75, 3.05) is 0 Å². The summed E-state index contributed by atoms with van der Waals surface area (Å²) in [4.78, 5) is 0. The highest BCUT2D eigenvalue weighted by Crippen LogP contribution is 2.15. The molecule has 0 bridgehead atoms. The van der Waals surface area contributed by atoms with Crippen molar-refractivity contribution in [2.24, 2.45) is 0 Å². The van der Waals surface area contributed by atoms with Gasteiger partial charge in [0.15, 0.2) is 0 Å². The fourth-order valence-electron chi connectivity index (χ4n) is 4.25. The van der Waals surface area contributed by atoms with Gasteiger partial charge in [-0.2, -0.15) is 0 Å². The Morgan fingerprint density at radius 3 is 1.00 bits per heavy atom. The number of unbranched alkanes of at least 4 members (excludes halogenated alkanes) is 20. The summed E-state index contributed by atoms with van der Waals surface area (Å²) < 4.78 is 2.30. The van der Waals surface area contributed by atoms with Crippen molar-refractivity contribution in [1.29, 1.82) is 0 Å². The van der Waals surface area contributed by atoms with Crippen LogP contribution in [0.4, 0.5) is 0 Å². The molecule has 1 heterocycles. The predicted molar refractivity (Wildman–Crippen MR) is 127 cm³/mol. The van der Waals surface area contributed by atoms with Crippen LogP contribution in [-0.2, 0) is 6.54 Å². The second kappa shape index (κ2) is 21.0. The Bertz CT molecular complexity index is 381. The Morgan fingerprint density at radius 2 is 0.679 bits per heavy atom. The molecule has 0 spiro atoms. The van der Waals surface area contributed by atoms with Crippen LogP contribution in [0.5, 0.6) is 0 Å². The van der Waals surface area contributed by atoms with Gasteiger partial charge in [-0.25, -0.2) is 0 Å². The van der Waals surface area contributed by atoms with Crippen LogP contribution in [0.2, 0.25) is 0 Å². The first-order chi connectivity index (χ1) is 13.9. The molecule has 1 nitrogen and oxygen atoms in total. The van der Waals surface area contributed by atoms with Crippen LogP contribution < -0.4 is 0 Å². The zero-order valence-electron chi connectivity index (χ0n) is 19.3. The highest BCUT2D eigenvalue weighted by molar-refractivity contribution is 4.89. The standard InChI is InChI=1S/C27H51N/c1-2-3-4-5-6-7-8-9-10-11-12-13-14-15-16-17-18-19-20-21-22-25-28-26-23-24-27-28/h23-24,26-27H,2-22,25H2,1H3. The predicted octanol–water partition coefficient (Wildman–Crippen LogP) is 9.70. The molecule has 1 heteroatoms. The van der Waals surface area contributed by atoms with E-state index < -0.39 is 0 Å². The van der Waals surface area contributed by atoms with Crippen molar-refractivity contribution in [3.05, 3.63) is 24.5 Å². The van der Waals surface area contributed by atoms with Gasteiger partial charge >= 0.3 is 0 Å². The zero-order valence-corrected chi connectivity index (χ0v) is 19.3. The maximum absolute atomic E-state index is 2.30. The number of nitrogens with zero attached hydrogens (tertiary/aromatic N) is 1. The highest BCUT2D eigenvalue weighted by Gasteiger charge is 1.96. The van der Waals surface area contributed by atoms with E-state index >= 15 is 0 Å². The highest BCUT2D eigenvalue weighted by atomic mass is 14.9. The van der Waals surface area contributed by atoms with E-state index in [4.69, 9.17) is 0 Å². The molecule has 1 aromatic rings. The van der Waals surface area contributed by atoms with Crippen molar-refractivity contribution < 1.29 is 0 Å². The molecule has 164 valence electrons. The molecule has 0 unspecified atom stereocenters. The van der Waals surface area contributed by atoms with E-state index in [1.807, 2.05) is 0 Å². The molecule has 0 aliphatic heterocycles. The molecule has 28 heavy (non-hydrogen) atoms. The Morgan fingerprint density at radius 1 is 0.393 bits per heavy atom. The average molecular weight is 390 g/mol. The first-order valence-electron chi connectivity index (χ1n) is 13.0. The van der Waals surface area contributed by atoms with E-state index in [2.05, 4.69) is 36.0 Å². The quantitative estimate of drug-likeness (QED) is 0.174. The minimum absolute atomic E-state index is 1.20. The van der Waals surface area contributed by atoms with Gasteiger partial charge in [0.1, 0.15) is 0 Å². The molecule has 0 radical (unpaired) electrons. The summed E-state index contributed by atoms with van der Waals surface area (Å²) in [5.41, 5.74) is 0. The molecule has 0 aliphatic carbocycles. The summed E-state index contributed by atoms with van der Waals surface area (Å²) in [5.74, 6) is 0. The molecule has 0 fully saturated rings. The first-order valence-corrected chi connectivity index (χ1v) is 13.0. The fraction of sp³-hybridized carbons (Fsp3) is 0.852. The van der Waals surface area contributed by atoms with Gasteiger partial charge in [-0.3, -0.25) is 0 Å². The van der Waals surface area contributed by atoms with Crippen molar-refractivity contribution in [3.63, 3.8) is 0 Å². The Labute approximate surface area is 177 Å². The molecule has 0 aromatic carbocycles. The number of rotatable bonds is 22. The van der Waals surface area contributed by atoms with E-state index in [0.717, 1.165) is 0 Å². The molecule has 1 rings (SSSR count). The molecular formula is C27H51N.